The molecule has 0 bridgehead atoms. The number of rotatable bonds is 7. The molecular weight excluding hydrogens is 211 g/mol. The Balaban J connectivity index is 1.90. The van der Waals surface area contributed by atoms with Crippen molar-refractivity contribution in [1.82, 2.24) is 5.32 Å². The van der Waals surface area contributed by atoms with Crippen molar-refractivity contribution in [2.75, 3.05) is 26.4 Å². The van der Waals surface area contributed by atoms with Gasteiger partial charge < -0.3 is 15.2 Å². The third-order valence-electron chi connectivity index (χ3n) is 2.39. The summed E-state index contributed by atoms with van der Waals surface area (Å²) in [5.41, 5.74) is -0.149. The van der Waals surface area contributed by atoms with E-state index in [9.17, 15) is 13.2 Å². The van der Waals surface area contributed by atoms with Gasteiger partial charge in [0.1, 0.15) is 6.61 Å². The number of ether oxygens (including phenoxy) is 1. The largest absolute Gasteiger partial charge is 0.411 e. The Labute approximate surface area is 86.6 Å². The maximum Gasteiger partial charge on any atom is 0.411 e. The minimum atomic E-state index is -4.24. The van der Waals surface area contributed by atoms with E-state index >= 15 is 0 Å². The number of hydrogen-bond acceptors (Lipinski definition) is 3. The molecule has 0 amide bonds. The summed E-state index contributed by atoms with van der Waals surface area (Å²) in [4.78, 5) is 0. The van der Waals surface area contributed by atoms with Gasteiger partial charge in [-0.1, -0.05) is 0 Å². The summed E-state index contributed by atoms with van der Waals surface area (Å²) >= 11 is 0. The molecular formula is C9H16F3NO2. The van der Waals surface area contributed by atoms with Crippen LogP contribution in [0, 0.1) is 0 Å². The van der Waals surface area contributed by atoms with Crippen LogP contribution in [-0.2, 0) is 4.74 Å². The van der Waals surface area contributed by atoms with E-state index in [1.165, 1.54) is 0 Å². The van der Waals surface area contributed by atoms with Crippen molar-refractivity contribution in [3.63, 3.8) is 0 Å². The Morgan fingerprint density at radius 2 is 2.00 bits per heavy atom. The fourth-order valence-electron chi connectivity index (χ4n) is 1.26. The van der Waals surface area contributed by atoms with Crippen molar-refractivity contribution < 1.29 is 23.0 Å². The molecule has 0 aromatic rings. The number of nitrogens with one attached hydrogen (secondary N) is 1. The predicted octanol–water partition coefficient (Wildman–Crippen LogP) is 1.07. The van der Waals surface area contributed by atoms with Gasteiger partial charge in [0.15, 0.2) is 0 Å². The Bertz CT molecular complexity index is 192. The van der Waals surface area contributed by atoms with Crippen LogP contribution in [0.25, 0.3) is 0 Å². The lowest BCUT2D eigenvalue weighted by Gasteiger charge is -2.14. The normalized spacial score (nSPS) is 19.2. The number of aliphatic hydroxyl groups excluding tert-OH is 1. The second-order valence-electron chi connectivity index (χ2n) is 3.89. The zero-order valence-electron chi connectivity index (χ0n) is 8.44. The molecule has 0 radical (unpaired) electrons. The molecule has 15 heavy (non-hydrogen) atoms. The van der Waals surface area contributed by atoms with E-state index in [0.29, 0.717) is 13.0 Å². The Morgan fingerprint density at radius 3 is 2.47 bits per heavy atom. The molecule has 2 N–H and O–H groups in total. The highest BCUT2D eigenvalue weighted by Gasteiger charge is 2.41. The highest BCUT2D eigenvalue weighted by molar-refractivity contribution is 5.01. The van der Waals surface area contributed by atoms with Crippen LogP contribution in [0.5, 0.6) is 0 Å². The average molecular weight is 227 g/mol. The number of alkyl halides is 3. The smallest absolute Gasteiger partial charge is 0.394 e. The van der Waals surface area contributed by atoms with Crippen molar-refractivity contribution in [2.24, 2.45) is 0 Å². The van der Waals surface area contributed by atoms with Gasteiger partial charge in [-0.05, 0) is 25.8 Å². The van der Waals surface area contributed by atoms with Gasteiger partial charge in [0.2, 0.25) is 0 Å². The van der Waals surface area contributed by atoms with Gasteiger partial charge in [0.25, 0.3) is 0 Å². The van der Waals surface area contributed by atoms with Gasteiger partial charge in [-0.15, -0.1) is 0 Å². The summed E-state index contributed by atoms with van der Waals surface area (Å²) in [7, 11) is 0. The van der Waals surface area contributed by atoms with E-state index in [0.717, 1.165) is 12.8 Å². The molecule has 0 unspecified atom stereocenters. The summed E-state index contributed by atoms with van der Waals surface area (Å²) in [5, 5.41) is 12.0. The lowest BCUT2D eigenvalue weighted by molar-refractivity contribution is -0.174. The van der Waals surface area contributed by atoms with Gasteiger partial charge in [-0.25, -0.2) is 0 Å². The first-order valence-electron chi connectivity index (χ1n) is 4.98. The second kappa shape index (κ2) is 5.14. The summed E-state index contributed by atoms with van der Waals surface area (Å²) in [5.74, 6) is 0. The molecule has 0 heterocycles. The molecule has 1 rings (SSSR count). The Morgan fingerprint density at radius 1 is 1.33 bits per heavy atom. The first-order valence-corrected chi connectivity index (χ1v) is 4.98. The van der Waals surface area contributed by atoms with Crippen LogP contribution in [0.4, 0.5) is 13.2 Å². The summed E-state index contributed by atoms with van der Waals surface area (Å²) in [6, 6.07) is 0. The van der Waals surface area contributed by atoms with E-state index in [1.807, 2.05) is 0 Å². The van der Waals surface area contributed by atoms with Gasteiger partial charge in [-0.2, -0.15) is 13.2 Å². The summed E-state index contributed by atoms with van der Waals surface area (Å²) in [6.07, 6.45) is -1.84. The highest BCUT2D eigenvalue weighted by atomic mass is 19.4. The SMILES string of the molecule is OCC1(NCCCOCC(F)(F)F)CC1. The molecule has 0 aromatic heterocycles. The molecule has 1 aliphatic rings. The van der Waals surface area contributed by atoms with Gasteiger partial charge in [-0.3, -0.25) is 0 Å². The fourth-order valence-corrected chi connectivity index (χ4v) is 1.26. The second-order valence-corrected chi connectivity index (χ2v) is 3.89. The van der Waals surface area contributed by atoms with Crippen LogP contribution >= 0.6 is 0 Å². The molecule has 1 fully saturated rings. The van der Waals surface area contributed by atoms with Crippen LogP contribution in [0.15, 0.2) is 0 Å². The summed E-state index contributed by atoms with van der Waals surface area (Å²) in [6.45, 7) is -0.416. The number of aliphatic hydroxyl groups is 1. The Kier molecular flexibility index (Phi) is 4.36. The zero-order chi connectivity index (χ0) is 11.4. The molecule has 0 saturated heterocycles. The van der Waals surface area contributed by atoms with Crippen molar-refractivity contribution >= 4 is 0 Å². The van der Waals surface area contributed by atoms with Crippen LogP contribution in [-0.4, -0.2) is 43.2 Å². The third kappa shape index (κ3) is 5.34. The Hall–Kier alpha value is -0.330. The van der Waals surface area contributed by atoms with E-state index in [2.05, 4.69) is 10.1 Å². The molecule has 0 aromatic carbocycles. The van der Waals surface area contributed by atoms with Crippen LogP contribution < -0.4 is 5.32 Å². The van der Waals surface area contributed by atoms with E-state index in [-0.39, 0.29) is 18.8 Å². The predicted molar refractivity (Wildman–Crippen MR) is 48.5 cm³/mol. The minimum Gasteiger partial charge on any atom is -0.394 e. The lowest BCUT2D eigenvalue weighted by atomic mass is 10.3. The lowest BCUT2D eigenvalue weighted by Crippen LogP contribution is -2.35. The van der Waals surface area contributed by atoms with Gasteiger partial charge >= 0.3 is 6.18 Å². The molecule has 1 saturated carbocycles. The topological polar surface area (TPSA) is 41.5 Å². The molecule has 1 aliphatic carbocycles. The number of halogens is 3. The van der Waals surface area contributed by atoms with Crippen molar-refractivity contribution in [1.29, 1.82) is 0 Å². The van der Waals surface area contributed by atoms with E-state index in [1.54, 1.807) is 0 Å². The zero-order valence-corrected chi connectivity index (χ0v) is 8.44. The van der Waals surface area contributed by atoms with Gasteiger partial charge in [0.05, 0.1) is 6.61 Å². The first-order chi connectivity index (χ1) is 6.97. The molecule has 6 heteroatoms. The van der Waals surface area contributed by atoms with E-state index < -0.39 is 12.8 Å². The minimum absolute atomic E-state index is 0.0913. The standard InChI is InChI=1S/C9H16F3NO2/c10-9(11,12)7-15-5-1-4-13-8(6-14)2-3-8/h13-14H,1-7H2. The van der Waals surface area contributed by atoms with Crippen LogP contribution in [0.1, 0.15) is 19.3 Å². The molecule has 0 spiro atoms. The van der Waals surface area contributed by atoms with Crippen LogP contribution in [0.3, 0.4) is 0 Å². The first kappa shape index (κ1) is 12.7. The summed E-state index contributed by atoms with van der Waals surface area (Å²) < 4.78 is 39.4. The quantitative estimate of drug-likeness (QED) is 0.639. The monoisotopic (exact) mass is 227 g/mol. The van der Waals surface area contributed by atoms with Crippen LogP contribution in [0.2, 0.25) is 0 Å². The molecule has 0 atom stereocenters. The van der Waals surface area contributed by atoms with E-state index in [4.69, 9.17) is 5.11 Å². The van der Waals surface area contributed by atoms with Crippen molar-refractivity contribution in [2.45, 2.75) is 31.0 Å². The van der Waals surface area contributed by atoms with Crippen molar-refractivity contribution in [3.8, 4) is 0 Å². The highest BCUT2D eigenvalue weighted by Crippen LogP contribution is 2.34. The maximum atomic E-state index is 11.6. The molecule has 3 nitrogen and oxygen atoms in total. The van der Waals surface area contributed by atoms with Crippen molar-refractivity contribution in [3.05, 3.63) is 0 Å². The molecule has 0 aliphatic heterocycles. The maximum absolute atomic E-state index is 11.6. The third-order valence-corrected chi connectivity index (χ3v) is 2.39. The fraction of sp³-hybridized carbons (Fsp3) is 1.00. The number of hydrogen-bond donors (Lipinski definition) is 2. The van der Waals surface area contributed by atoms with Gasteiger partial charge in [0, 0.05) is 12.1 Å². The average Bonchev–Trinajstić information content (AvgIpc) is 2.90. The molecule has 90 valence electrons.